The molecular weight excluding hydrogens is 521 g/mol. The molecule has 0 aliphatic rings. The van der Waals surface area contributed by atoms with Crippen LogP contribution >= 0.6 is 35.0 Å². The molecule has 0 unspecified atom stereocenters. The molecule has 0 saturated carbocycles. The van der Waals surface area contributed by atoms with Crippen LogP contribution in [0.1, 0.15) is 5.56 Å². The number of nitrogens with one attached hydrogen (secondary N) is 1. The van der Waals surface area contributed by atoms with Gasteiger partial charge in [0.25, 0.3) is 5.91 Å². The number of carbonyl (C=O) groups excluding carboxylic acids is 1. The molecule has 0 aliphatic carbocycles. The first-order valence-electron chi connectivity index (χ1n) is 10.6. The monoisotopic (exact) mass is 541 g/mol. The number of benzene rings is 3. The molecule has 1 amide bonds. The third kappa shape index (κ3) is 5.81. The molecule has 1 N–H and O–H groups in total. The predicted molar refractivity (Wildman–Crippen MR) is 143 cm³/mol. The van der Waals surface area contributed by atoms with Crippen molar-refractivity contribution in [1.82, 2.24) is 20.2 Å². The SMILES string of the molecule is COc1ccc(-c2nnc(SCC(=O)N/N=C\c3cccc(Cl)c3Cl)n2-c2ccccc2)cc1OC. The van der Waals surface area contributed by atoms with E-state index in [0.29, 0.717) is 38.1 Å². The lowest BCUT2D eigenvalue weighted by molar-refractivity contribution is -0.118. The highest BCUT2D eigenvalue weighted by atomic mass is 35.5. The molecule has 0 saturated heterocycles. The molecular formula is C25H21Cl2N5O3S. The Kier molecular flexibility index (Phi) is 8.48. The summed E-state index contributed by atoms with van der Waals surface area (Å²) in [5.74, 6) is 1.53. The summed E-state index contributed by atoms with van der Waals surface area (Å²) in [6, 6.07) is 20.3. The molecule has 11 heteroatoms. The minimum atomic E-state index is -0.315. The van der Waals surface area contributed by atoms with Crippen LogP contribution < -0.4 is 14.9 Å². The number of nitrogens with zero attached hydrogens (tertiary/aromatic N) is 4. The van der Waals surface area contributed by atoms with Crippen LogP contribution in [0.5, 0.6) is 11.5 Å². The van der Waals surface area contributed by atoms with E-state index in [1.807, 2.05) is 53.1 Å². The lowest BCUT2D eigenvalue weighted by atomic mass is 10.2. The van der Waals surface area contributed by atoms with E-state index in [9.17, 15) is 4.79 Å². The maximum absolute atomic E-state index is 12.4. The molecule has 0 radical (unpaired) electrons. The van der Waals surface area contributed by atoms with Gasteiger partial charge in [-0.1, -0.05) is 65.3 Å². The van der Waals surface area contributed by atoms with Crippen molar-refractivity contribution >= 4 is 47.1 Å². The fourth-order valence-corrected chi connectivity index (χ4v) is 4.39. The first kappa shape index (κ1) is 25.6. The molecule has 0 spiro atoms. The number of hydrogen-bond donors (Lipinski definition) is 1. The summed E-state index contributed by atoms with van der Waals surface area (Å²) in [5.41, 5.74) is 4.72. The zero-order valence-corrected chi connectivity index (χ0v) is 21.6. The fraction of sp³-hybridized carbons (Fsp3) is 0.120. The van der Waals surface area contributed by atoms with Gasteiger partial charge in [-0.3, -0.25) is 9.36 Å². The Balaban J connectivity index is 1.54. The van der Waals surface area contributed by atoms with Crippen LogP contribution in [-0.2, 0) is 4.79 Å². The molecule has 1 heterocycles. The summed E-state index contributed by atoms with van der Waals surface area (Å²) in [7, 11) is 3.16. The van der Waals surface area contributed by atoms with Crippen LogP contribution in [0.25, 0.3) is 17.1 Å². The number of thioether (sulfide) groups is 1. The summed E-state index contributed by atoms with van der Waals surface area (Å²) < 4.78 is 12.7. The molecule has 36 heavy (non-hydrogen) atoms. The highest BCUT2D eigenvalue weighted by Crippen LogP contribution is 2.34. The number of methoxy groups -OCH3 is 2. The lowest BCUT2D eigenvalue weighted by Gasteiger charge is -2.12. The largest absolute Gasteiger partial charge is 0.493 e. The third-order valence-corrected chi connectivity index (χ3v) is 6.76. The molecule has 0 atom stereocenters. The van der Waals surface area contributed by atoms with Gasteiger partial charge in [-0.2, -0.15) is 5.10 Å². The topological polar surface area (TPSA) is 90.6 Å². The van der Waals surface area contributed by atoms with E-state index in [1.165, 1.54) is 18.0 Å². The van der Waals surface area contributed by atoms with E-state index in [-0.39, 0.29) is 11.7 Å². The second-order valence-electron chi connectivity index (χ2n) is 7.27. The average molecular weight is 542 g/mol. The van der Waals surface area contributed by atoms with Gasteiger partial charge < -0.3 is 9.47 Å². The molecule has 4 aromatic rings. The van der Waals surface area contributed by atoms with Crippen molar-refractivity contribution < 1.29 is 14.3 Å². The molecule has 3 aromatic carbocycles. The minimum absolute atomic E-state index is 0.0670. The third-order valence-electron chi connectivity index (χ3n) is 5.00. The zero-order chi connectivity index (χ0) is 25.5. The van der Waals surface area contributed by atoms with Crippen LogP contribution in [-0.4, -0.2) is 46.9 Å². The number of halogens is 2. The quantitative estimate of drug-likeness (QED) is 0.171. The smallest absolute Gasteiger partial charge is 0.250 e. The Morgan fingerprint density at radius 1 is 1.03 bits per heavy atom. The van der Waals surface area contributed by atoms with Gasteiger partial charge in [0, 0.05) is 16.8 Å². The Morgan fingerprint density at radius 2 is 1.81 bits per heavy atom. The van der Waals surface area contributed by atoms with E-state index in [4.69, 9.17) is 32.7 Å². The van der Waals surface area contributed by atoms with Crippen molar-refractivity contribution in [2.24, 2.45) is 5.10 Å². The number of hydrogen-bond acceptors (Lipinski definition) is 7. The molecule has 0 aliphatic heterocycles. The number of para-hydroxylation sites is 1. The van der Waals surface area contributed by atoms with Gasteiger partial charge in [-0.15, -0.1) is 10.2 Å². The normalized spacial score (nSPS) is 11.0. The molecule has 1 aromatic heterocycles. The summed E-state index contributed by atoms with van der Waals surface area (Å²) in [6.07, 6.45) is 1.44. The Labute approximate surface area is 222 Å². The highest BCUT2D eigenvalue weighted by molar-refractivity contribution is 7.99. The van der Waals surface area contributed by atoms with Crippen LogP contribution in [0.3, 0.4) is 0 Å². The maximum atomic E-state index is 12.4. The van der Waals surface area contributed by atoms with Gasteiger partial charge in [0.1, 0.15) is 0 Å². The molecule has 184 valence electrons. The minimum Gasteiger partial charge on any atom is -0.493 e. The van der Waals surface area contributed by atoms with Gasteiger partial charge in [-0.25, -0.2) is 5.43 Å². The van der Waals surface area contributed by atoms with Crippen molar-refractivity contribution in [3.63, 3.8) is 0 Å². The number of rotatable bonds is 9. The summed E-state index contributed by atoms with van der Waals surface area (Å²) in [4.78, 5) is 12.4. The van der Waals surface area contributed by atoms with Crippen LogP contribution in [0, 0.1) is 0 Å². The van der Waals surface area contributed by atoms with Crippen LogP contribution in [0.2, 0.25) is 10.0 Å². The van der Waals surface area contributed by atoms with Gasteiger partial charge >= 0.3 is 0 Å². The number of carbonyl (C=O) groups is 1. The van der Waals surface area contributed by atoms with Gasteiger partial charge in [0.05, 0.1) is 36.2 Å². The van der Waals surface area contributed by atoms with Gasteiger partial charge in [0.15, 0.2) is 22.5 Å². The average Bonchev–Trinajstić information content (AvgIpc) is 3.34. The fourth-order valence-electron chi connectivity index (χ4n) is 3.29. The van der Waals surface area contributed by atoms with Crippen molar-refractivity contribution in [3.05, 3.63) is 82.3 Å². The zero-order valence-electron chi connectivity index (χ0n) is 19.3. The molecule has 0 bridgehead atoms. The molecule has 0 fully saturated rings. The van der Waals surface area contributed by atoms with Gasteiger partial charge in [0.2, 0.25) is 0 Å². The second kappa shape index (κ2) is 11.9. The highest BCUT2D eigenvalue weighted by Gasteiger charge is 2.18. The van der Waals surface area contributed by atoms with E-state index < -0.39 is 0 Å². The number of aromatic nitrogens is 3. The van der Waals surface area contributed by atoms with E-state index in [1.54, 1.807) is 32.4 Å². The summed E-state index contributed by atoms with van der Waals surface area (Å²) >= 11 is 13.4. The standard InChI is InChI=1S/C25H21Cl2N5O3S/c1-34-20-12-11-16(13-21(20)35-2)24-30-31-25(32(24)18-8-4-3-5-9-18)36-15-22(33)29-28-14-17-7-6-10-19(26)23(17)27/h3-14H,15H2,1-2H3,(H,29,33)/b28-14-. The van der Waals surface area contributed by atoms with Crippen molar-refractivity contribution in [3.8, 4) is 28.6 Å². The summed E-state index contributed by atoms with van der Waals surface area (Å²) in [5, 5.41) is 14.0. The van der Waals surface area contributed by atoms with E-state index in [2.05, 4.69) is 20.7 Å². The van der Waals surface area contributed by atoms with Crippen molar-refractivity contribution in [2.75, 3.05) is 20.0 Å². The number of ether oxygens (including phenoxy) is 2. The Bertz CT molecular complexity index is 1400. The predicted octanol–water partition coefficient (Wildman–Crippen LogP) is 5.50. The van der Waals surface area contributed by atoms with Crippen molar-refractivity contribution in [1.29, 1.82) is 0 Å². The number of hydrazone groups is 1. The summed E-state index contributed by atoms with van der Waals surface area (Å²) in [6.45, 7) is 0. The molecule has 4 rings (SSSR count). The van der Waals surface area contributed by atoms with Crippen LogP contribution in [0.15, 0.2) is 77.0 Å². The van der Waals surface area contributed by atoms with E-state index in [0.717, 1.165) is 11.3 Å². The second-order valence-corrected chi connectivity index (χ2v) is 9.00. The first-order chi connectivity index (χ1) is 17.5. The maximum Gasteiger partial charge on any atom is 0.250 e. The Hall–Kier alpha value is -3.53. The number of amides is 1. The molecule has 8 nitrogen and oxygen atoms in total. The van der Waals surface area contributed by atoms with E-state index >= 15 is 0 Å². The first-order valence-corrected chi connectivity index (χ1v) is 12.4. The van der Waals surface area contributed by atoms with Gasteiger partial charge in [-0.05, 0) is 36.4 Å². The van der Waals surface area contributed by atoms with Crippen molar-refractivity contribution in [2.45, 2.75) is 5.16 Å². The lowest BCUT2D eigenvalue weighted by Crippen LogP contribution is -2.20. The Morgan fingerprint density at radius 3 is 2.56 bits per heavy atom. The van der Waals surface area contributed by atoms with Crippen LogP contribution in [0.4, 0.5) is 0 Å².